The van der Waals surface area contributed by atoms with Gasteiger partial charge in [-0.3, -0.25) is 4.68 Å². The number of carboxylic acid groups (broad SMARTS) is 1. The lowest BCUT2D eigenvalue weighted by Crippen LogP contribution is -2.14. The number of hydrogen-bond donors (Lipinski definition) is 2. The van der Waals surface area contributed by atoms with Gasteiger partial charge in [0.25, 0.3) is 0 Å². The van der Waals surface area contributed by atoms with Crippen LogP contribution in [0.2, 0.25) is 0 Å². The Labute approximate surface area is 111 Å². The van der Waals surface area contributed by atoms with Crippen molar-refractivity contribution in [2.24, 2.45) is 7.05 Å². The first-order valence-electron chi connectivity index (χ1n) is 5.89. The molecule has 0 aliphatic rings. The van der Waals surface area contributed by atoms with E-state index in [9.17, 15) is 9.90 Å². The zero-order chi connectivity index (χ0) is 14.2. The highest BCUT2D eigenvalue weighted by Crippen LogP contribution is 2.25. The minimum Gasteiger partial charge on any atom is -0.476 e. The number of carbonyl (C=O) groups is 1. The van der Waals surface area contributed by atoms with E-state index in [2.05, 4.69) is 5.10 Å². The summed E-state index contributed by atoms with van der Waals surface area (Å²) in [5.74, 6) is -1.05. The predicted octanol–water partition coefficient (Wildman–Crippen LogP) is 2.01. The number of nitrogens with zero attached hydrogens (tertiary/aromatic N) is 2. The largest absolute Gasteiger partial charge is 0.476 e. The molecule has 0 radical (unpaired) electrons. The van der Waals surface area contributed by atoms with Gasteiger partial charge in [-0.05, 0) is 31.0 Å². The summed E-state index contributed by atoms with van der Waals surface area (Å²) in [6.45, 7) is 3.43. The van der Waals surface area contributed by atoms with Crippen LogP contribution in [0.3, 0.4) is 0 Å². The second-order valence-corrected chi connectivity index (χ2v) is 4.98. The molecule has 0 atom stereocenters. The Bertz CT molecular complexity index is 607. The lowest BCUT2D eigenvalue weighted by molar-refractivity contribution is 0.0689. The van der Waals surface area contributed by atoms with Gasteiger partial charge in [0.05, 0.1) is 11.3 Å². The van der Waals surface area contributed by atoms with Gasteiger partial charge in [0.15, 0.2) is 5.69 Å². The lowest BCUT2D eigenvalue weighted by Gasteiger charge is -2.17. The molecular formula is C14H16N2O3. The summed E-state index contributed by atoms with van der Waals surface area (Å²) in [5.41, 5.74) is 1.51. The van der Waals surface area contributed by atoms with E-state index in [1.165, 1.54) is 10.7 Å². The Hall–Kier alpha value is -2.14. The molecule has 0 aliphatic heterocycles. The van der Waals surface area contributed by atoms with E-state index in [0.717, 1.165) is 16.8 Å². The van der Waals surface area contributed by atoms with Gasteiger partial charge in [-0.15, -0.1) is 0 Å². The van der Waals surface area contributed by atoms with Crippen LogP contribution < -0.4 is 0 Å². The van der Waals surface area contributed by atoms with Gasteiger partial charge in [0.2, 0.25) is 0 Å². The van der Waals surface area contributed by atoms with Crippen LogP contribution in [-0.4, -0.2) is 26.0 Å². The zero-order valence-electron chi connectivity index (χ0n) is 11.1. The van der Waals surface area contributed by atoms with Gasteiger partial charge in [0.1, 0.15) is 0 Å². The number of benzene rings is 1. The van der Waals surface area contributed by atoms with E-state index < -0.39 is 11.6 Å². The fourth-order valence-corrected chi connectivity index (χ4v) is 1.89. The maximum absolute atomic E-state index is 10.9. The quantitative estimate of drug-likeness (QED) is 0.885. The fourth-order valence-electron chi connectivity index (χ4n) is 1.89. The first kappa shape index (κ1) is 13.3. The number of carboxylic acids is 1. The van der Waals surface area contributed by atoms with Crippen molar-refractivity contribution >= 4 is 5.97 Å². The van der Waals surface area contributed by atoms with E-state index in [0.29, 0.717) is 0 Å². The third-order valence-electron chi connectivity index (χ3n) is 2.99. The second-order valence-electron chi connectivity index (χ2n) is 4.98. The van der Waals surface area contributed by atoms with Crippen molar-refractivity contribution in [3.8, 4) is 11.3 Å². The molecule has 2 rings (SSSR count). The van der Waals surface area contributed by atoms with Crippen molar-refractivity contribution in [3.05, 3.63) is 41.6 Å². The van der Waals surface area contributed by atoms with E-state index in [-0.39, 0.29) is 5.69 Å². The summed E-state index contributed by atoms with van der Waals surface area (Å²) in [5, 5.41) is 22.7. The summed E-state index contributed by atoms with van der Waals surface area (Å²) in [7, 11) is 1.70. The Morgan fingerprint density at radius 3 is 2.26 bits per heavy atom. The first-order chi connectivity index (χ1) is 8.79. The minimum atomic E-state index is -1.05. The Kier molecular flexibility index (Phi) is 3.16. The maximum Gasteiger partial charge on any atom is 0.356 e. The number of aliphatic hydroxyl groups is 1. The van der Waals surface area contributed by atoms with Gasteiger partial charge in [-0.2, -0.15) is 5.10 Å². The molecule has 5 heteroatoms. The van der Waals surface area contributed by atoms with Crippen molar-refractivity contribution < 1.29 is 15.0 Å². The van der Waals surface area contributed by atoms with Crippen molar-refractivity contribution in [1.29, 1.82) is 0 Å². The van der Waals surface area contributed by atoms with Crippen LogP contribution in [0.4, 0.5) is 0 Å². The van der Waals surface area contributed by atoms with Gasteiger partial charge in [-0.1, -0.05) is 24.3 Å². The molecular weight excluding hydrogens is 244 g/mol. The molecule has 1 heterocycles. The molecule has 100 valence electrons. The van der Waals surface area contributed by atoms with Crippen LogP contribution >= 0.6 is 0 Å². The molecule has 1 aromatic carbocycles. The normalized spacial score (nSPS) is 11.6. The third-order valence-corrected chi connectivity index (χ3v) is 2.99. The number of hydrogen-bond acceptors (Lipinski definition) is 3. The number of aromatic nitrogens is 2. The van der Waals surface area contributed by atoms with Crippen LogP contribution in [0, 0.1) is 0 Å². The molecule has 0 saturated carbocycles. The second kappa shape index (κ2) is 4.51. The summed E-state index contributed by atoms with van der Waals surface area (Å²) in [4.78, 5) is 10.9. The Balaban J connectivity index is 2.40. The summed E-state index contributed by atoms with van der Waals surface area (Å²) in [6, 6.07) is 8.86. The molecule has 0 unspecified atom stereocenters. The van der Waals surface area contributed by atoms with E-state index in [1.807, 2.05) is 24.3 Å². The summed E-state index contributed by atoms with van der Waals surface area (Å²) in [6.07, 6.45) is 0. The highest BCUT2D eigenvalue weighted by atomic mass is 16.4. The molecule has 2 N–H and O–H groups in total. The molecule has 0 fully saturated rings. The van der Waals surface area contributed by atoms with Crippen molar-refractivity contribution in [2.75, 3.05) is 0 Å². The van der Waals surface area contributed by atoms with Crippen LogP contribution in [0.5, 0.6) is 0 Å². The van der Waals surface area contributed by atoms with Crippen LogP contribution in [0.15, 0.2) is 30.3 Å². The maximum atomic E-state index is 10.9. The van der Waals surface area contributed by atoms with Gasteiger partial charge in [0, 0.05) is 7.05 Å². The van der Waals surface area contributed by atoms with Crippen LogP contribution in [0.25, 0.3) is 11.3 Å². The van der Waals surface area contributed by atoms with Crippen molar-refractivity contribution in [2.45, 2.75) is 19.4 Å². The standard InChI is InChI=1S/C14H16N2O3/c1-14(2,19)10-6-4-9(5-7-10)12-8-11(13(17)18)15-16(12)3/h4-8,19H,1-3H3,(H,17,18). The first-order valence-corrected chi connectivity index (χ1v) is 5.89. The zero-order valence-corrected chi connectivity index (χ0v) is 11.1. The predicted molar refractivity (Wildman–Crippen MR) is 70.8 cm³/mol. The monoisotopic (exact) mass is 260 g/mol. The minimum absolute atomic E-state index is 0.0177. The fraction of sp³-hybridized carbons (Fsp3) is 0.286. The number of aromatic carboxylic acids is 1. The lowest BCUT2D eigenvalue weighted by atomic mass is 9.97. The molecule has 0 saturated heterocycles. The van der Waals surface area contributed by atoms with Gasteiger partial charge < -0.3 is 10.2 Å². The van der Waals surface area contributed by atoms with Gasteiger partial charge in [-0.25, -0.2) is 4.79 Å². The Morgan fingerprint density at radius 2 is 1.84 bits per heavy atom. The van der Waals surface area contributed by atoms with E-state index in [1.54, 1.807) is 20.9 Å². The van der Waals surface area contributed by atoms with E-state index in [4.69, 9.17) is 5.11 Å². The molecule has 0 amide bonds. The highest BCUT2D eigenvalue weighted by molar-refractivity contribution is 5.87. The van der Waals surface area contributed by atoms with Crippen molar-refractivity contribution in [1.82, 2.24) is 9.78 Å². The topological polar surface area (TPSA) is 75.4 Å². The highest BCUT2D eigenvalue weighted by Gasteiger charge is 2.17. The Morgan fingerprint density at radius 1 is 1.26 bits per heavy atom. The molecule has 0 spiro atoms. The molecule has 0 bridgehead atoms. The average molecular weight is 260 g/mol. The van der Waals surface area contributed by atoms with Gasteiger partial charge >= 0.3 is 5.97 Å². The summed E-state index contributed by atoms with van der Waals surface area (Å²) < 4.78 is 1.53. The molecule has 5 nitrogen and oxygen atoms in total. The van der Waals surface area contributed by atoms with E-state index >= 15 is 0 Å². The number of rotatable bonds is 3. The average Bonchev–Trinajstić information content (AvgIpc) is 2.70. The molecule has 2 aromatic rings. The van der Waals surface area contributed by atoms with Crippen LogP contribution in [0.1, 0.15) is 29.9 Å². The summed E-state index contributed by atoms with van der Waals surface area (Å²) >= 11 is 0. The van der Waals surface area contributed by atoms with Crippen LogP contribution in [-0.2, 0) is 12.6 Å². The molecule has 0 aliphatic carbocycles. The number of aryl methyl sites for hydroxylation is 1. The SMILES string of the molecule is Cn1nc(C(=O)O)cc1-c1ccc(C(C)(C)O)cc1. The smallest absolute Gasteiger partial charge is 0.356 e. The molecule has 19 heavy (non-hydrogen) atoms. The third kappa shape index (κ3) is 2.66. The molecule has 1 aromatic heterocycles. The van der Waals surface area contributed by atoms with Crippen molar-refractivity contribution in [3.63, 3.8) is 0 Å².